The third-order valence-corrected chi connectivity index (χ3v) is 3.50. The lowest BCUT2D eigenvalue weighted by Crippen LogP contribution is -2.26. The molecule has 0 aliphatic carbocycles. The largest absolute Gasteiger partial charge is 0.412 e. The van der Waals surface area contributed by atoms with Gasteiger partial charge in [-0.25, -0.2) is 0 Å². The van der Waals surface area contributed by atoms with Crippen LogP contribution < -0.4 is 0 Å². The third-order valence-electron chi connectivity index (χ3n) is 2.21. The van der Waals surface area contributed by atoms with Crippen LogP contribution in [0.15, 0.2) is 22.8 Å². The highest BCUT2D eigenvalue weighted by molar-refractivity contribution is 9.10. The first-order valence-electron chi connectivity index (χ1n) is 5.57. The Hall–Kier alpha value is -0.193. The molecule has 4 heteroatoms. The van der Waals surface area contributed by atoms with E-state index in [0.29, 0.717) is 0 Å². The summed E-state index contributed by atoms with van der Waals surface area (Å²) in [6, 6.07) is 4.06. The topological polar surface area (TPSA) is 22.1 Å². The van der Waals surface area contributed by atoms with E-state index in [1.807, 2.05) is 18.3 Å². The number of aromatic nitrogens is 1. The van der Waals surface area contributed by atoms with Crippen molar-refractivity contribution in [3.8, 4) is 0 Å². The average Bonchev–Trinajstić information content (AvgIpc) is 2.14. The number of pyridine rings is 1. The first-order chi connectivity index (χ1) is 7.30. The molecule has 1 rings (SSSR count). The minimum absolute atomic E-state index is 0.0814. The summed E-state index contributed by atoms with van der Waals surface area (Å²) in [5.74, 6) is 0. The molecule has 90 valence electrons. The van der Waals surface area contributed by atoms with Crippen molar-refractivity contribution in [2.45, 2.75) is 40.0 Å². The van der Waals surface area contributed by atoms with E-state index in [0.717, 1.165) is 10.2 Å². The minimum Gasteiger partial charge on any atom is -0.412 e. The number of nitrogens with zero attached hydrogens (tertiary/aromatic N) is 1. The predicted octanol–water partition coefficient (Wildman–Crippen LogP) is 3.93. The third kappa shape index (κ3) is 4.00. The van der Waals surface area contributed by atoms with Gasteiger partial charge in [-0.2, -0.15) is 0 Å². The highest BCUT2D eigenvalue weighted by Crippen LogP contribution is 2.35. The van der Waals surface area contributed by atoms with Crippen LogP contribution >= 0.6 is 15.9 Å². The van der Waals surface area contributed by atoms with Gasteiger partial charge in [0.1, 0.15) is 0 Å². The molecule has 0 bridgehead atoms. The molecular formula is C12H20BrNOSi. The maximum absolute atomic E-state index is 6.10. The standard InChI is InChI=1S/C12H20BrNOSi/c1-12(2,3)11(15-16(4)5)10-7-6-9(13)8-14-10/h6-8,11,16H,1-5H3. The smallest absolute Gasteiger partial charge is 0.171 e. The second-order valence-electron chi connectivity index (χ2n) is 5.33. The second-order valence-corrected chi connectivity index (χ2v) is 8.62. The summed E-state index contributed by atoms with van der Waals surface area (Å²) in [7, 11) is -1.06. The Morgan fingerprint density at radius 2 is 1.94 bits per heavy atom. The van der Waals surface area contributed by atoms with Crippen molar-refractivity contribution in [2.24, 2.45) is 5.41 Å². The first kappa shape index (κ1) is 13.9. The molecular weight excluding hydrogens is 282 g/mol. The molecule has 0 radical (unpaired) electrons. The molecule has 1 atom stereocenters. The van der Waals surface area contributed by atoms with E-state index in [4.69, 9.17) is 4.43 Å². The fraction of sp³-hybridized carbons (Fsp3) is 0.583. The van der Waals surface area contributed by atoms with Gasteiger partial charge < -0.3 is 4.43 Å². The van der Waals surface area contributed by atoms with Crippen molar-refractivity contribution in [3.05, 3.63) is 28.5 Å². The van der Waals surface area contributed by atoms with E-state index in [1.165, 1.54) is 0 Å². The monoisotopic (exact) mass is 301 g/mol. The Morgan fingerprint density at radius 3 is 2.31 bits per heavy atom. The SMILES string of the molecule is C[SiH](C)OC(c1ccc(Br)cn1)C(C)(C)C. The van der Waals surface area contributed by atoms with Gasteiger partial charge in [-0.3, -0.25) is 4.98 Å². The lowest BCUT2D eigenvalue weighted by molar-refractivity contribution is 0.0827. The molecule has 1 unspecified atom stereocenters. The van der Waals surface area contributed by atoms with Gasteiger partial charge in [-0.05, 0) is 46.6 Å². The zero-order valence-corrected chi connectivity index (χ0v) is 13.4. The average molecular weight is 302 g/mol. The zero-order chi connectivity index (χ0) is 12.3. The summed E-state index contributed by atoms with van der Waals surface area (Å²) in [6.07, 6.45) is 1.92. The van der Waals surface area contributed by atoms with Crippen LogP contribution in [-0.2, 0) is 4.43 Å². The first-order valence-corrected chi connectivity index (χ1v) is 9.15. The molecule has 1 aromatic heterocycles. The fourth-order valence-corrected chi connectivity index (χ4v) is 2.86. The van der Waals surface area contributed by atoms with Gasteiger partial charge in [0, 0.05) is 10.7 Å². The zero-order valence-electron chi connectivity index (χ0n) is 10.6. The lowest BCUT2D eigenvalue weighted by Gasteiger charge is -2.32. The Bertz CT molecular complexity index is 332. The van der Waals surface area contributed by atoms with E-state index in [1.54, 1.807) is 0 Å². The van der Waals surface area contributed by atoms with Gasteiger partial charge in [0.05, 0.1) is 11.8 Å². The van der Waals surface area contributed by atoms with E-state index in [-0.39, 0.29) is 11.5 Å². The quantitative estimate of drug-likeness (QED) is 0.789. The molecule has 0 saturated carbocycles. The maximum Gasteiger partial charge on any atom is 0.171 e. The van der Waals surface area contributed by atoms with Crippen LogP contribution in [0.1, 0.15) is 32.6 Å². The van der Waals surface area contributed by atoms with Gasteiger partial charge >= 0.3 is 0 Å². The van der Waals surface area contributed by atoms with E-state index in [2.05, 4.69) is 54.8 Å². The Labute approximate surface area is 108 Å². The minimum atomic E-state index is -1.06. The number of hydrogen-bond acceptors (Lipinski definition) is 2. The predicted molar refractivity (Wildman–Crippen MR) is 74.1 cm³/mol. The molecule has 1 heterocycles. The molecule has 0 aliphatic rings. The maximum atomic E-state index is 6.10. The molecule has 0 aromatic carbocycles. The van der Waals surface area contributed by atoms with Crippen LogP contribution in [0.3, 0.4) is 0 Å². The summed E-state index contributed by atoms with van der Waals surface area (Å²) in [5.41, 5.74) is 1.11. The van der Waals surface area contributed by atoms with Gasteiger partial charge in [-0.1, -0.05) is 20.8 Å². The van der Waals surface area contributed by atoms with Gasteiger partial charge in [0.2, 0.25) is 0 Å². The second kappa shape index (κ2) is 5.43. The fourth-order valence-electron chi connectivity index (χ4n) is 1.53. The van der Waals surface area contributed by atoms with Crippen LogP contribution in [0.2, 0.25) is 13.1 Å². The van der Waals surface area contributed by atoms with E-state index >= 15 is 0 Å². The van der Waals surface area contributed by atoms with Crippen molar-refractivity contribution < 1.29 is 4.43 Å². The molecule has 1 aromatic rings. The van der Waals surface area contributed by atoms with Gasteiger partial charge in [0.25, 0.3) is 0 Å². The lowest BCUT2D eigenvalue weighted by atomic mass is 9.87. The van der Waals surface area contributed by atoms with Crippen molar-refractivity contribution >= 4 is 25.0 Å². The summed E-state index contributed by atoms with van der Waals surface area (Å²) >= 11 is 3.40. The van der Waals surface area contributed by atoms with E-state index in [9.17, 15) is 0 Å². The van der Waals surface area contributed by atoms with Crippen LogP contribution in [0.25, 0.3) is 0 Å². The number of rotatable bonds is 3. The highest BCUT2D eigenvalue weighted by Gasteiger charge is 2.28. The summed E-state index contributed by atoms with van der Waals surface area (Å²) in [5, 5.41) is 0. The summed E-state index contributed by atoms with van der Waals surface area (Å²) < 4.78 is 7.11. The highest BCUT2D eigenvalue weighted by atomic mass is 79.9. The van der Waals surface area contributed by atoms with Crippen molar-refractivity contribution in [1.29, 1.82) is 0 Å². The number of halogens is 1. The van der Waals surface area contributed by atoms with E-state index < -0.39 is 9.04 Å². The Morgan fingerprint density at radius 1 is 1.31 bits per heavy atom. The Kier molecular flexibility index (Phi) is 4.70. The molecule has 16 heavy (non-hydrogen) atoms. The summed E-state index contributed by atoms with van der Waals surface area (Å²) in [4.78, 5) is 4.45. The molecule has 0 saturated heterocycles. The molecule has 0 amide bonds. The summed E-state index contributed by atoms with van der Waals surface area (Å²) in [6.45, 7) is 11.0. The molecule has 0 spiro atoms. The molecule has 0 aliphatic heterocycles. The number of hydrogen-bond donors (Lipinski definition) is 0. The van der Waals surface area contributed by atoms with Gasteiger partial charge in [0.15, 0.2) is 9.04 Å². The van der Waals surface area contributed by atoms with Gasteiger partial charge in [-0.15, -0.1) is 0 Å². The molecule has 0 fully saturated rings. The normalized spacial score (nSPS) is 14.2. The molecule has 2 nitrogen and oxygen atoms in total. The van der Waals surface area contributed by atoms with Crippen molar-refractivity contribution in [3.63, 3.8) is 0 Å². The Balaban J connectivity index is 2.97. The van der Waals surface area contributed by atoms with Crippen LogP contribution in [0.4, 0.5) is 0 Å². The molecule has 0 N–H and O–H groups in total. The van der Waals surface area contributed by atoms with Crippen molar-refractivity contribution in [1.82, 2.24) is 4.98 Å². The van der Waals surface area contributed by atoms with Crippen molar-refractivity contribution in [2.75, 3.05) is 0 Å². The van der Waals surface area contributed by atoms with Crippen LogP contribution in [-0.4, -0.2) is 14.0 Å². The van der Waals surface area contributed by atoms with Crippen LogP contribution in [0, 0.1) is 5.41 Å². The van der Waals surface area contributed by atoms with Crippen LogP contribution in [0.5, 0.6) is 0 Å².